The molecule has 0 unspecified atom stereocenters. The second-order valence-electron chi connectivity index (χ2n) is 2.75. The molecular weight excluding hydrogens is 216 g/mol. The van der Waals surface area contributed by atoms with Crippen LogP contribution in [-0.4, -0.2) is 0 Å². The van der Waals surface area contributed by atoms with Crippen LogP contribution in [-0.2, 0) is 6.18 Å². The number of hydrogen-bond donors (Lipinski definition) is 0. The van der Waals surface area contributed by atoms with Crippen molar-refractivity contribution in [1.29, 1.82) is 0 Å². The molecule has 0 nitrogen and oxygen atoms in total. The Hall–Kier alpha value is -1.10. The first-order valence-electron chi connectivity index (χ1n) is 3.64. The highest BCUT2D eigenvalue weighted by Crippen LogP contribution is 2.34. The van der Waals surface area contributed by atoms with Crippen LogP contribution < -0.4 is 0 Å². The number of halogens is 4. The number of alkyl halides is 3. The summed E-state index contributed by atoms with van der Waals surface area (Å²) in [6, 6.07) is 1.66. The smallest absolute Gasteiger partial charge is 0.206 e. The molecule has 0 fully saturated rings. The van der Waals surface area contributed by atoms with Gasteiger partial charge in [0.25, 0.3) is 0 Å². The van der Waals surface area contributed by atoms with E-state index in [2.05, 4.69) is 5.38 Å². The van der Waals surface area contributed by atoms with Gasteiger partial charge in [-0.2, -0.15) is 13.2 Å². The molecule has 0 atom stereocenters. The molecule has 0 N–H and O–H groups in total. The highest BCUT2D eigenvalue weighted by Gasteiger charge is 2.34. The summed E-state index contributed by atoms with van der Waals surface area (Å²) in [7, 11) is 0. The zero-order valence-corrected chi connectivity index (χ0v) is 7.47. The number of rotatable bonds is 0. The van der Waals surface area contributed by atoms with Gasteiger partial charge in [0.15, 0.2) is 0 Å². The van der Waals surface area contributed by atoms with Crippen LogP contribution in [0.25, 0.3) is 10.8 Å². The first-order valence-corrected chi connectivity index (χ1v) is 4.52. The van der Waals surface area contributed by atoms with Gasteiger partial charge >= 0.3 is 6.18 Å². The third-order valence-electron chi connectivity index (χ3n) is 1.80. The van der Waals surface area contributed by atoms with Crippen molar-refractivity contribution < 1.29 is 17.6 Å². The number of hydrogen-bond acceptors (Lipinski definition) is 1. The minimum absolute atomic E-state index is 0.365. The number of benzene rings is 1. The lowest BCUT2D eigenvalue weighted by Crippen LogP contribution is -2.07. The van der Waals surface area contributed by atoms with Crippen LogP contribution in [0.1, 0.15) is 5.56 Å². The lowest BCUT2D eigenvalue weighted by molar-refractivity contribution is -0.139. The van der Waals surface area contributed by atoms with Crippen LogP contribution in [0.15, 0.2) is 17.5 Å². The van der Waals surface area contributed by atoms with Crippen LogP contribution in [0.4, 0.5) is 17.6 Å². The fourth-order valence-electron chi connectivity index (χ4n) is 1.15. The maximum Gasteiger partial charge on any atom is 0.419 e. The van der Waals surface area contributed by atoms with E-state index in [9.17, 15) is 17.6 Å². The van der Waals surface area contributed by atoms with Crippen molar-refractivity contribution in [3.63, 3.8) is 0 Å². The van der Waals surface area contributed by atoms with Gasteiger partial charge < -0.3 is 0 Å². The Kier molecular flexibility index (Phi) is 1.99. The molecule has 0 aliphatic rings. The molecule has 0 bridgehead atoms. The van der Waals surface area contributed by atoms with Gasteiger partial charge in [-0.25, -0.2) is 4.39 Å². The van der Waals surface area contributed by atoms with E-state index in [4.69, 9.17) is 0 Å². The highest BCUT2D eigenvalue weighted by atomic mass is 32.1. The van der Waals surface area contributed by atoms with E-state index in [1.54, 1.807) is 0 Å². The molecule has 2 rings (SSSR count). The van der Waals surface area contributed by atoms with Gasteiger partial charge in [-0.1, -0.05) is 0 Å². The summed E-state index contributed by atoms with van der Waals surface area (Å²) in [5.74, 6) is -1.25. The van der Waals surface area contributed by atoms with Crippen molar-refractivity contribution in [2.75, 3.05) is 0 Å². The molecule has 0 aliphatic heterocycles. The second-order valence-corrected chi connectivity index (χ2v) is 3.43. The number of fused-ring (bicyclic) bond motifs is 1. The minimum Gasteiger partial charge on any atom is -0.206 e. The molecule has 2 aromatic rings. The molecule has 1 aromatic carbocycles. The van der Waals surface area contributed by atoms with E-state index < -0.39 is 17.6 Å². The quantitative estimate of drug-likeness (QED) is 0.590. The summed E-state index contributed by atoms with van der Waals surface area (Å²) in [6.45, 7) is 0. The molecule has 1 aromatic heterocycles. The lowest BCUT2D eigenvalue weighted by atomic mass is 10.1. The van der Waals surface area contributed by atoms with Crippen molar-refractivity contribution in [2.45, 2.75) is 6.18 Å². The molecule has 0 saturated carbocycles. The summed E-state index contributed by atoms with van der Waals surface area (Å²) in [5.41, 5.74) is -1.23. The van der Waals surface area contributed by atoms with Crippen molar-refractivity contribution in [3.8, 4) is 0 Å². The van der Waals surface area contributed by atoms with Crippen LogP contribution >= 0.6 is 11.3 Å². The van der Waals surface area contributed by atoms with Crippen molar-refractivity contribution in [3.05, 3.63) is 34.3 Å². The normalized spacial score (nSPS) is 12.3. The van der Waals surface area contributed by atoms with E-state index in [1.165, 1.54) is 5.38 Å². The van der Waals surface area contributed by atoms with Gasteiger partial charge in [0.2, 0.25) is 0 Å². The second kappa shape index (κ2) is 2.95. The predicted octanol–water partition coefficient (Wildman–Crippen LogP) is 3.86. The largest absolute Gasteiger partial charge is 0.419 e. The van der Waals surface area contributed by atoms with Gasteiger partial charge in [-0.15, -0.1) is 11.3 Å². The fourth-order valence-corrected chi connectivity index (χ4v) is 1.83. The Bertz CT molecular complexity index is 469. The maximum absolute atomic E-state index is 13.0. The monoisotopic (exact) mass is 219 g/mol. The summed E-state index contributed by atoms with van der Waals surface area (Å²) in [5, 5.41) is 4.92. The molecule has 0 saturated heterocycles. The third kappa shape index (κ3) is 1.48. The van der Waals surface area contributed by atoms with Gasteiger partial charge in [0, 0.05) is 5.39 Å². The van der Waals surface area contributed by atoms with E-state index in [0.29, 0.717) is 10.8 Å². The Labute approximate surface area is 80.8 Å². The highest BCUT2D eigenvalue weighted by molar-refractivity contribution is 7.08. The van der Waals surface area contributed by atoms with Crippen molar-refractivity contribution in [1.82, 2.24) is 0 Å². The summed E-state index contributed by atoms with van der Waals surface area (Å²) in [4.78, 5) is 0. The molecule has 0 aliphatic carbocycles. The predicted molar refractivity (Wildman–Crippen MR) is 45.6 cm³/mol. The summed E-state index contributed by atoms with van der Waals surface area (Å²) >= 11 is 1.12. The van der Waals surface area contributed by atoms with E-state index in [-0.39, 0.29) is 0 Å². The summed E-state index contributed by atoms with van der Waals surface area (Å²) < 4.78 is 49.7. The molecule has 0 spiro atoms. The zero-order chi connectivity index (χ0) is 10.3. The first kappa shape index (κ1) is 9.45. The topological polar surface area (TPSA) is 0 Å². The van der Waals surface area contributed by atoms with E-state index in [1.807, 2.05) is 0 Å². The molecule has 0 amide bonds. The Morgan fingerprint density at radius 1 is 1.21 bits per heavy atom. The van der Waals surface area contributed by atoms with Crippen LogP contribution in [0.5, 0.6) is 0 Å². The maximum atomic E-state index is 13.0. The van der Waals surface area contributed by atoms with Crippen LogP contribution in [0, 0.1) is 11.2 Å². The Balaban J connectivity index is 2.71. The average Bonchev–Trinajstić information content (AvgIpc) is 2.47. The molecule has 14 heavy (non-hydrogen) atoms. The van der Waals surface area contributed by atoms with Gasteiger partial charge in [0.05, 0.1) is 10.9 Å². The Morgan fingerprint density at radius 3 is 2.57 bits per heavy atom. The molecular formula is C9H3F4S. The van der Waals surface area contributed by atoms with Crippen molar-refractivity contribution >= 4 is 22.1 Å². The zero-order valence-electron chi connectivity index (χ0n) is 6.65. The molecule has 5 heteroatoms. The van der Waals surface area contributed by atoms with E-state index >= 15 is 0 Å². The molecule has 73 valence electrons. The first-order chi connectivity index (χ1) is 6.48. The third-order valence-corrected chi connectivity index (χ3v) is 2.51. The molecule has 1 radical (unpaired) electrons. The standard InChI is InChI=1S/C9H3F4S/c10-8-2-6-4-14-3-5(6)1-7(8)9(11,12)13/h1-3H. The van der Waals surface area contributed by atoms with Crippen LogP contribution in [0.3, 0.4) is 0 Å². The van der Waals surface area contributed by atoms with Gasteiger partial charge in [0.1, 0.15) is 5.82 Å². The van der Waals surface area contributed by atoms with Gasteiger partial charge in [-0.3, -0.25) is 0 Å². The SMILES string of the molecule is Fc1cc2[c]scc2cc1C(F)(F)F. The minimum atomic E-state index is -4.64. The van der Waals surface area contributed by atoms with Gasteiger partial charge in [-0.05, 0) is 22.9 Å². The Morgan fingerprint density at radius 2 is 1.93 bits per heavy atom. The van der Waals surface area contributed by atoms with E-state index in [0.717, 1.165) is 23.5 Å². The fraction of sp³-hybridized carbons (Fsp3) is 0.111. The van der Waals surface area contributed by atoms with Crippen molar-refractivity contribution in [2.24, 2.45) is 0 Å². The number of thiophene rings is 1. The van der Waals surface area contributed by atoms with Crippen LogP contribution in [0.2, 0.25) is 0 Å². The lowest BCUT2D eigenvalue weighted by Gasteiger charge is -2.07. The molecule has 1 heterocycles. The average molecular weight is 219 g/mol. The summed E-state index contributed by atoms with van der Waals surface area (Å²) in [6.07, 6.45) is -4.64.